The van der Waals surface area contributed by atoms with E-state index < -0.39 is 5.97 Å². The summed E-state index contributed by atoms with van der Waals surface area (Å²) in [6.07, 6.45) is 0. The zero-order chi connectivity index (χ0) is 13.4. The van der Waals surface area contributed by atoms with Crippen molar-refractivity contribution >= 4 is 23.5 Å². The lowest BCUT2D eigenvalue weighted by molar-refractivity contribution is 0.0696. The van der Waals surface area contributed by atoms with E-state index in [1.165, 1.54) is 18.2 Å². The summed E-state index contributed by atoms with van der Waals surface area (Å²) in [7, 11) is 0. The van der Waals surface area contributed by atoms with Gasteiger partial charge in [0.25, 0.3) is 5.91 Å². The number of carbonyl (C=O) groups is 2. The molecule has 1 aliphatic rings. The first kappa shape index (κ1) is 12.9. The summed E-state index contributed by atoms with van der Waals surface area (Å²) < 4.78 is 0. The zero-order valence-electron chi connectivity index (χ0n) is 10.1. The molecule has 1 amide bonds. The molecule has 4 nitrogen and oxygen atoms in total. The van der Waals surface area contributed by atoms with Gasteiger partial charge in [-0.25, -0.2) is 4.79 Å². The van der Waals surface area contributed by atoms with E-state index in [1.54, 1.807) is 0 Å². The summed E-state index contributed by atoms with van der Waals surface area (Å²) in [6.45, 7) is 4.15. The minimum absolute atomic E-state index is 0.0738. The molecule has 1 unspecified atom stereocenters. The van der Waals surface area contributed by atoms with Crippen molar-refractivity contribution in [2.24, 2.45) is 11.8 Å². The van der Waals surface area contributed by atoms with Gasteiger partial charge in [0.05, 0.1) is 16.1 Å². The second kappa shape index (κ2) is 4.61. The van der Waals surface area contributed by atoms with Crippen molar-refractivity contribution in [2.75, 3.05) is 0 Å². The Kier molecular flexibility index (Phi) is 3.30. The van der Waals surface area contributed by atoms with Crippen molar-refractivity contribution < 1.29 is 14.7 Å². The fourth-order valence-electron chi connectivity index (χ4n) is 1.99. The van der Waals surface area contributed by atoms with Crippen molar-refractivity contribution in [1.82, 2.24) is 5.32 Å². The topological polar surface area (TPSA) is 66.4 Å². The van der Waals surface area contributed by atoms with Crippen molar-refractivity contribution in [3.63, 3.8) is 0 Å². The van der Waals surface area contributed by atoms with E-state index in [0.717, 1.165) is 0 Å². The molecule has 0 spiro atoms. The second-order valence-electron chi connectivity index (χ2n) is 4.72. The van der Waals surface area contributed by atoms with Crippen LogP contribution in [0.2, 0.25) is 5.02 Å². The van der Waals surface area contributed by atoms with Gasteiger partial charge in [-0.2, -0.15) is 0 Å². The Balaban J connectivity index is 2.13. The number of carbonyl (C=O) groups excluding carboxylic acids is 1. The van der Waals surface area contributed by atoms with Crippen molar-refractivity contribution in [2.45, 2.75) is 19.9 Å². The molecule has 5 heteroatoms. The van der Waals surface area contributed by atoms with Crippen LogP contribution in [0.25, 0.3) is 0 Å². The second-order valence-corrected chi connectivity index (χ2v) is 5.12. The van der Waals surface area contributed by atoms with E-state index in [9.17, 15) is 9.59 Å². The van der Waals surface area contributed by atoms with E-state index >= 15 is 0 Å². The van der Waals surface area contributed by atoms with Crippen LogP contribution in [0.5, 0.6) is 0 Å². The third-order valence-electron chi connectivity index (χ3n) is 3.58. The first-order chi connectivity index (χ1) is 8.41. The molecule has 1 fully saturated rings. The Morgan fingerprint density at radius 3 is 2.33 bits per heavy atom. The Morgan fingerprint density at radius 1 is 1.28 bits per heavy atom. The van der Waals surface area contributed by atoms with Gasteiger partial charge >= 0.3 is 5.97 Å². The number of benzene rings is 1. The highest BCUT2D eigenvalue weighted by atomic mass is 35.5. The Labute approximate surface area is 110 Å². The fraction of sp³-hybridized carbons (Fsp3) is 0.385. The first-order valence-corrected chi connectivity index (χ1v) is 6.13. The average molecular weight is 268 g/mol. The zero-order valence-corrected chi connectivity index (χ0v) is 10.9. The first-order valence-electron chi connectivity index (χ1n) is 5.75. The molecule has 2 N–H and O–H groups in total. The third kappa shape index (κ3) is 2.34. The molecule has 1 aromatic rings. The maximum absolute atomic E-state index is 11.9. The Morgan fingerprint density at radius 2 is 1.89 bits per heavy atom. The Bertz CT molecular complexity index is 507. The number of hydrogen-bond acceptors (Lipinski definition) is 2. The van der Waals surface area contributed by atoms with E-state index in [0.29, 0.717) is 17.4 Å². The molecule has 1 saturated carbocycles. The molecule has 0 aromatic heterocycles. The number of carboxylic acid groups (broad SMARTS) is 1. The number of hydrogen-bond donors (Lipinski definition) is 2. The van der Waals surface area contributed by atoms with Crippen LogP contribution in [-0.4, -0.2) is 23.0 Å². The summed E-state index contributed by atoms with van der Waals surface area (Å²) in [5.74, 6) is -0.358. The molecule has 96 valence electrons. The fourth-order valence-corrected chi connectivity index (χ4v) is 2.25. The molecule has 0 aliphatic heterocycles. The summed E-state index contributed by atoms with van der Waals surface area (Å²) in [5, 5.41) is 11.9. The van der Waals surface area contributed by atoms with Crippen LogP contribution in [0.3, 0.4) is 0 Å². The van der Waals surface area contributed by atoms with Crippen molar-refractivity contribution in [3.8, 4) is 0 Å². The van der Waals surface area contributed by atoms with Crippen LogP contribution in [0.15, 0.2) is 18.2 Å². The largest absolute Gasteiger partial charge is 0.478 e. The minimum atomic E-state index is -1.06. The SMILES string of the molecule is C[C@@H]1C(NC(=O)c2ccc(C(=O)O)cc2Cl)[C@@H]1C. The van der Waals surface area contributed by atoms with Gasteiger partial charge in [0, 0.05) is 6.04 Å². The van der Waals surface area contributed by atoms with Gasteiger partial charge in [-0.15, -0.1) is 0 Å². The van der Waals surface area contributed by atoms with E-state index in [4.69, 9.17) is 16.7 Å². The molecular formula is C13H14ClNO3. The maximum atomic E-state index is 11.9. The standard InChI is InChI=1S/C13H14ClNO3/c1-6-7(2)11(6)15-12(16)9-4-3-8(13(17)18)5-10(9)14/h3-7,11H,1-2H3,(H,15,16)(H,17,18)/t6-,7+,11?. The Hall–Kier alpha value is -1.55. The lowest BCUT2D eigenvalue weighted by Gasteiger charge is -2.06. The van der Waals surface area contributed by atoms with Crippen LogP contribution in [0.1, 0.15) is 34.6 Å². The smallest absolute Gasteiger partial charge is 0.335 e. The molecule has 18 heavy (non-hydrogen) atoms. The quantitative estimate of drug-likeness (QED) is 0.884. The normalized spacial score (nSPS) is 25.6. The molecule has 0 saturated heterocycles. The summed E-state index contributed by atoms with van der Waals surface area (Å²) in [5.41, 5.74) is 0.387. The molecule has 1 aliphatic carbocycles. The molecule has 2 rings (SSSR count). The summed E-state index contributed by atoms with van der Waals surface area (Å²) in [6, 6.07) is 4.30. The maximum Gasteiger partial charge on any atom is 0.335 e. The lowest BCUT2D eigenvalue weighted by atomic mass is 10.1. The van der Waals surface area contributed by atoms with Gasteiger partial charge in [-0.05, 0) is 30.0 Å². The highest BCUT2D eigenvalue weighted by molar-refractivity contribution is 6.34. The van der Waals surface area contributed by atoms with Gasteiger partial charge in [-0.1, -0.05) is 25.4 Å². The minimum Gasteiger partial charge on any atom is -0.478 e. The van der Waals surface area contributed by atoms with Crippen LogP contribution in [-0.2, 0) is 0 Å². The number of halogens is 1. The van der Waals surface area contributed by atoms with E-state index in [2.05, 4.69) is 19.2 Å². The van der Waals surface area contributed by atoms with Gasteiger partial charge < -0.3 is 10.4 Å². The predicted molar refractivity (Wildman–Crippen MR) is 68.0 cm³/mol. The van der Waals surface area contributed by atoms with Crippen LogP contribution >= 0.6 is 11.6 Å². The average Bonchev–Trinajstić information content (AvgIpc) is 2.86. The van der Waals surface area contributed by atoms with Crippen molar-refractivity contribution in [1.29, 1.82) is 0 Å². The van der Waals surface area contributed by atoms with Gasteiger partial charge in [-0.3, -0.25) is 4.79 Å². The molecule has 0 heterocycles. The van der Waals surface area contributed by atoms with E-state index in [1.807, 2.05) is 0 Å². The molecule has 0 bridgehead atoms. The number of aromatic carboxylic acids is 1. The third-order valence-corrected chi connectivity index (χ3v) is 3.89. The number of carboxylic acids is 1. The molecular weight excluding hydrogens is 254 g/mol. The summed E-state index contributed by atoms with van der Waals surface area (Å²) in [4.78, 5) is 22.7. The number of rotatable bonds is 3. The highest BCUT2D eigenvalue weighted by Gasteiger charge is 2.43. The molecule has 0 radical (unpaired) electrons. The van der Waals surface area contributed by atoms with Gasteiger partial charge in [0.1, 0.15) is 0 Å². The monoisotopic (exact) mass is 267 g/mol. The lowest BCUT2D eigenvalue weighted by Crippen LogP contribution is -2.27. The van der Waals surface area contributed by atoms with Gasteiger partial charge in [0.2, 0.25) is 0 Å². The number of nitrogens with one attached hydrogen (secondary N) is 1. The highest BCUT2D eigenvalue weighted by Crippen LogP contribution is 2.38. The predicted octanol–water partition coefficient (Wildman–Crippen LogP) is 2.42. The molecule has 3 atom stereocenters. The van der Waals surface area contributed by atoms with Crippen molar-refractivity contribution in [3.05, 3.63) is 34.3 Å². The van der Waals surface area contributed by atoms with E-state index in [-0.39, 0.29) is 22.5 Å². The number of amides is 1. The van der Waals surface area contributed by atoms with Crippen LogP contribution < -0.4 is 5.32 Å². The van der Waals surface area contributed by atoms with Crippen LogP contribution in [0.4, 0.5) is 0 Å². The van der Waals surface area contributed by atoms with Crippen LogP contribution in [0, 0.1) is 11.8 Å². The van der Waals surface area contributed by atoms with Gasteiger partial charge in [0.15, 0.2) is 0 Å². The molecule has 1 aromatic carbocycles. The summed E-state index contributed by atoms with van der Waals surface area (Å²) >= 11 is 5.92.